The molecule has 0 radical (unpaired) electrons. The molecule has 0 N–H and O–H groups in total. The topological polar surface area (TPSA) is 16.3 Å². The molecule has 11 aromatic rings. The average Bonchev–Trinajstić information content (AvgIpc) is 3.84. The molecule has 5 heteroatoms. The molecule has 63 heavy (non-hydrogen) atoms. The van der Waals surface area contributed by atoms with E-state index in [0.29, 0.717) is 0 Å². The molecule has 298 valence electrons. The number of aromatic nitrogens is 2. The van der Waals surface area contributed by atoms with Crippen molar-refractivity contribution >= 4 is 101 Å². The van der Waals surface area contributed by atoms with Crippen molar-refractivity contribution in [2.45, 2.75) is 26.2 Å². The lowest BCUT2D eigenvalue weighted by atomic mass is 9.33. The summed E-state index contributed by atoms with van der Waals surface area (Å²) < 4.78 is 4.90. The first-order valence-corrected chi connectivity index (χ1v) is 22.1. The van der Waals surface area contributed by atoms with Crippen molar-refractivity contribution in [3.8, 4) is 11.4 Å². The summed E-state index contributed by atoms with van der Waals surface area (Å²) in [5, 5.41) is 5.04. The second-order valence-corrected chi connectivity index (χ2v) is 18.2. The lowest BCUT2D eigenvalue weighted by molar-refractivity contribution is 0.590. The maximum Gasteiger partial charge on any atom is 0.252 e. The molecule has 4 nitrogen and oxygen atoms in total. The molecular formula is C58H43BN4. The van der Waals surface area contributed by atoms with Gasteiger partial charge in [0.1, 0.15) is 0 Å². The number of fused-ring (bicyclic) bond motifs is 10. The quantitative estimate of drug-likeness (QED) is 0.165. The van der Waals surface area contributed by atoms with Crippen molar-refractivity contribution in [1.82, 2.24) is 9.13 Å². The molecule has 0 fully saturated rings. The largest absolute Gasteiger partial charge is 0.311 e. The highest BCUT2D eigenvalue weighted by Gasteiger charge is 2.44. The molecule has 4 heterocycles. The SMILES string of the molecule is CC(C)(C)c1cc2c3c(c1)N(c1ccccc1)c1cc(-n4c5ccccc5c5ccccc54)ccc1B3c1ccc(-n3c4ccccc4c4ccccc43)cc1N2c1ccccc1. The first-order valence-electron chi connectivity index (χ1n) is 22.1. The fourth-order valence-corrected chi connectivity index (χ4v) is 10.8. The van der Waals surface area contributed by atoms with Crippen molar-refractivity contribution in [2.24, 2.45) is 0 Å². The van der Waals surface area contributed by atoms with E-state index < -0.39 is 0 Å². The van der Waals surface area contributed by atoms with Crippen LogP contribution in [0.1, 0.15) is 26.3 Å². The van der Waals surface area contributed by atoms with E-state index in [1.165, 1.54) is 88.3 Å². The van der Waals surface area contributed by atoms with Crippen LogP contribution in [0.5, 0.6) is 0 Å². The van der Waals surface area contributed by atoms with Crippen LogP contribution in [0.25, 0.3) is 55.0 Å². The molecular weight excluding hydrogens is 763 g/mol. The van der Waals surface area contributed by atoms with Gasteiger partial charge in [0.15, 0.2) is 0 Å². The van der Waals surface area contributed by atoms with Crippen molar-refractivity contribution in [3.05, 3.63) is 212 Å². The average molecular weight is 807 g/mol. The van der Waals surface area contributed by atoms with Gasteiger partial charge in [-0.05, 0) is 112 Å². The summed E-state index contributed by atoms with van der Waals surface area (Å²) in [6.07, 6.45) is 0. The van der Waals surface area contributed by atoms with Gasteiger partial charge < -0.3 is 18.9 Å². The van der Waals surface area contributed by atoms with Crippen molar-refractivity contribution in [1.29, 1.82) is 0 Å². The molecule has 13 rings (SSSR count). The van der Waals surface area contributed by atoms with Gasteiger partial charge in [-0.25, -0.2) is 0 Å². The molecule has 9 aromatic carbocycles. The predicted octanol–water partition coefficient (Wildman–Crippen LogP) is 13.3. The molecule has 0 atom stereocenters. The van der Waals surface area contributed by atoms with Crippen LogP contribution in [-0.2, 0) is 5.41 Å². The van der Waals surface area contributed by atoms with E-state index in [4.69, 9.17) is 0 Å². The van der Waals surface area contributed by atoms with Crippen LogP contribution in [0.4, 0.5) is 34.1 Å². The smallest absolute Gasteiger partial charge is 0.252 e. The second-order valence-electron chi connectivity index (χ2n) is 18.2. The summed E-state index contributed by atoms with van der Waals surface area (Å²) in [5.41, 5.74) is 19.3. The van der Waals surface area contributed by atoms with E-state index in [1.807, 2.05) is 0 Å². The van der Waals surface area contributed by atoms with Crippen molar-refractivity contribution < 1.29 is 0 Å². The summed E-state index contributed by atoms with van der Waals surface area (Å²) in [4.78, 5) is 5.08. The first-order chi connectivity index (χ1) is 30.9. The number of nitrogens with zero attached hydrogens (tertiary/aromatic N) is 4. The van der Waals surface area contributed by atoms with Crippen LogP contribution < -0.4 is 26.2 Å². The van der Waals surface area contributed by atoms with Crippen molar-refractivity contribution in [2.75, 3.05) is 9.80 Å². The minimum atomic E-state index is -0.123. The van der Waals surface area contributed by atoms with E-state index in [2.05, 4.69) is 246 Å². The molecule has 0 amide bonds. The first kappa shape index (κ1) is 35.9. The lowest BCUT2D eigenvalue weighted by Gasteiger charge is -2.45. The molecule has 0 spiro atoms. The molecule has 0 aliphatic carbocycles. The maximum atomic E-state index is 2.54. The number of para-hydroxylation sites is 6. The Morgan fingerprint density at radius 1 is 0.333 bits per heavy atom. The zero-order valence-corrected chi connectivity index (χ0v) is 35.5. The predicted molar refractivity (Wildman–Crippen MR) is 268 cm³/mol. The normalized spacial score (nSPS) is 13.2. The van der Waals surface area contributed by atoms with E-state index in [1.54, 1.807) is 0 Å². The van der Waals surface area contributed by atoms with Gasteiger partial charge in [0, 0.05) is 67.0 Å². The van der Waals surface area contributed by atoms with Crippen LogP contribution in [0.2, 0.25) is 0 Å². The highest BCUT2D eigenvalue weighted by molar-refractivity contribution is 7.00. The van der Waals surface area contributed by atoms with E-state index in [9.17, 15) is 0 Å². The van der Waals surface area contributed by atoms with Gasteiger partial charge in [-0.3, -0.25) is 0 Å². The fourth-order valence-electron chi connectivity index (χ4n) is 10.8. The summed E-state index contributed by atoms with van der Waals surface area (Å²) in [6.45, 7) is 7.00. The Labute approximate surface area is 367 Å². The Hall–Kier alpha value is -7.76. The summed E-state index contributed by atoms with van der Waals surface area (Å²) in [6, 6.07) is 76.6. The number of benzene rings is 9. The molecule has 0 saturated heterocycles. The van der Waals surface area contributed by atoms with E-state index in [0.717, 1.165) is 22.7 Å². The molecule has 0 saturated carbocycles. The number of rotatable bonds is 4. The third-order valence-corrected chi connectivity index (χ3v) is 13.6. The Morgan fingerprint density at radius 3 is 1.05 bits per heavy atom. The van der Waals surface area contributed by atoms with Crippen LogP contribution >= 0.6 is 0 Å². The highest BCUT2D eigenvalue weighted by Crippen LogP contribution is 2.47. The van der Waals surface area contributed by atoms with Gasteiger partial charge in [0.25, 0.3) is 6.71 Å². The number of anilines is 6. The van der Waals surface area contributed by atoms with Gasteiger partial charge >= 0.3 is 0 Å². The Bertz CT molecular complexity index is 3300. The summed E-state index contributed by atoms with van der Waals surface area (Å²) in [5.74, 6) is 0. The molecule has 2 aliphatic rings. The van der Waals surface area contributed by atoms with Gasteiger partial charge in [0.2, 0.25) is 0 Å². The van der Waals surface area contributed by atoms with Gasteiger partial charge in [-0.2, -0.15) is 0 Å². The monoisotopic (exact) mass is 806 g/mol. The highest BCUT2D eigenvalue weighted by atomic mass is 15.2. The third-order valence-electron chi connectivity index (χ3n) is 13.6. The third kappa shape index (κ3) is 5.23. The number of hydrogen-bond donors (Lipinski definition) is 0. The maximum absolute atomic E-state index is 2.54. The summed E-state index contributed by atoms with van der Waals surface area (Å²) in [7, 11) is 0. The van der Waals surface area contributed by atoms with Crippen molar-refractivity contribution in [3.63, 3.8) is 0 Å². The minimum absolute atomic E-state index is 0.0201. The van der Waals surface area contributed by atoms with Crippen LogP contribution in [-0.4, -0.2) is 15.8 Å². The molecule has 2 aromatic heterocycles. The van der Waals surface area contributed by atoms with Gasteiger partial charge in [-0.15, -0.1) is 0 Å². The van der Waals surface area contributed by atoms with Crippen LogP contribution in [0, 0.1) is 0 Å². The zero-order valence-electron chi connectivity index (χ0n) is 35.5. The lowest BCUT2D eigenvalue weighted by Crippen LogP contribution is -2.61. The standard InChI is InChI=1S/C58H43BN4/c1-58(2,3)38-34-55-57-56(35-38)61(40-20-8-5-9-21-40)54-37-42(63-51-28-16-12-24-45(51)46-25-13-17-29-52(46)63)31-33-48(54)59(57)47-32-30-41(36-53(47)60(55)39-18-6-4-7-19-39)62-49-26-14-10-22-43(49)44-23-11-15-27-50(44)62/h4-37H,1-3H3. The second kappa shape index (κ2) is 13.4. The Balaban J connectivity index is 1.13. The number of hydrogen-bond acceptors (Lipinski definition) is 2. The minimum Gasteiger partial charge on any atom is -0.311 e. The molecule has 0 bridgehead atoms. The Kier molecular flexibility index (Phi) is 7.63. The fraction of sp³-hybridized carbons (Fsp3) is 0.0690. The van der Waals surface area contributed by atoms with E-state index >= 15 is 0 Å². The summed E-state index contributed by atoms with van der Waals surface area (Å²) >= 11 is 0. The van der Waals surface area contributed by atoms with Gasteiger partial charge in [0.05, 0.1) is 22.1 Å². The Morgan fingerprint density at radius 2 is 0.683 bits per heavy atom. The molecule has 0 unspecified atom stereocenters. The molecule has 2 aliphatic heterocycles. The van der Waals surface area contributed by atoms with E-state index in [-0.39, 0.29) is 12.1 Å². The van der Waals surface area contributed by atoms with Gasteiger partial charge in [-0.1, -0.05) is 142 Å². The van der Waals surface area contributed by atoms with Crippen LogP contribution in [0.15, 0.2) is 206 Å². The zero-order chi connectivity index (χ0) is 42.0. The van der Waals surface area contributed by atoms with Crippen LogP contribution in [0.3, 0.4) is 0 Å².